The standard InChI is InChI=1S/C24H30ClFN4O6/c1-33-20-13-30(14-21(31)36-11-3-10-35-16-6-4-15(26)5-7-16)9-8-19(20)28-23(32)17-12-18(25)22(27)29-24(17)34-2/h4-7,12,19-20H,3,8-11,13-14H2,1-2H3,(H2,27,29)(H,28,32). The molecule has 2 heterocycles. The Morgan fingerprint density at radius 2 is 2.00 bits per heavy atom. The third kappa shape index (κ3) is 7.67. The van der Waals surface area contributed by atoms with Crippen molar-refractivity contribution in [1.82, 2.24) is 15.2 Å². The summed E-state index contributed by atoms with van der Waals surface area (Å²) in [6, 6.07) is 6.84. The number of aromatic nitrogens is 1. The van der Waals surface area contributed by atoms with Crippen molar-refractivity contribution in [2.75, 3.05) is 52.8 Å². The summed E-state index contributed by atoms with van der Waals surface area (Å²) in [6.07, 6.45) is 0.718. The van der Waals surface area contributed by atoms with Gasteiger partial charge < -0.3 is 30.0 Å². The molecule has 1 aromatic heterocycles. The van der Waals surface area contributed by atoms with Crippen LogP contribution in [0.5, 0.6) is 11.6 Å². The second-order valence-corrected chi connectivity index (χ2v) is 8.57. The number of nitrogens with zero attached hydrogens (tertiary/aromatic N) is 2. The Hall–Kier alpha value is -3.15. The Bertz CT molecular complexity index is 1040. The van der Waals surface area contributed by atoms with Crippen molar-refractivity contribution in [1.29, 1.82) is 0 Å². The number of rotatable bonds is 11. The fourth-order valence-electron chi connectivity index (χ4n) is 3.77. The van der Waals surface area contributed by atoms with E-state index in [9.17, 15) is 14.0 Å². The van der Waals surface area contributed by atoms with Crippen LogP contribution in [0.3, 0.4) is 0 Å². The molecule has 2 unspecified atom stereocenters. The van der Waals surface area contributed by atoms with E-state index in [4.69, 9.17) is 36.3 Å². The first-order valence-electron chi connectivity index (χ1n) is 11.4. The lowest BCUT2D eigenvalue weighted by Crippen LogP contribution is -2.55. The molecule has 2 atom stereocenters. The lowest BCUT2D eigenvalue weighted by Gasteiger charge is -2.37. The van der Waals surface area contributed by atoms with Crippen molar-refractivity contribution in [3.63, 3.8) is 0 Å². The van der Waals surface area contributed by atoms with Crippen molar-refractivity contribution < 1.29 is 32.9 Å². The third-order valence-electron chi connectivity index (χ3n) is 5.66. The smallest absolute Gasteiger partial charge is 0.320 e. The first kappa shape index (κ1) is 27.4. The molecular formula is C24H30ClFN4O6. The predicted molar refractivity (Wildman–Crippen MR) is 131 cm³/mol. The highest BCUT2D eigenvalue weighted by molar-refractivity contribution is 6.33. The zero-order valence-corrected chi connectivity index (χ0v) is 20.9. The van der Waals surface area contributed by atoms with Gasteiger partial charge in [0.05, 0.1) is 44.0 Å². The molecule has 1 saturated heterocycles. The Kier molecular flexibility index (Phi) is 10.1. The van der Waals surface area contributed by atoms with Gasteiger partial charge in [0.25, 0.3) is 5.91 Å². The molecule has 1 aliphatic rings. The van der Waals surface area contributed by atoms with Crippen LogP contribution in [0.4, 0.5) is 10.2 Å². The lowest BCUT2D eigenvalue weighted by atomic mass is 10.0. The Balaban J connectivity index is 1.42. The number of hydrogen-bond donors (Lipinski definition) is 2. The van der Waals surface area contributed by atoms with E-state index in [1.54, 1.807) is 7.11 Å². The summed E-state index contributed by atoms with van der Waals surface area (Å²) in [5, 5.41) is 3.09. The molecule has 3 rings (SSSR count). The average molecular weight is 525 g/mol. The van der Waals surface area contributed by atoms with Crippen LogP contribution in [0.1, 0.15) is 23.2 Å². The van der Waals surface area contributed by atoms with Crippen LogP contribution in [0.25, 0.3) is 0 Å². The van der Waals surface area contributed by atoms with Crippen molar-refractivity contribution in [3.8, 4) is 11.6 Å². The second kappa shape index (κ2) is 13.2. The molecular weight excluding hydrogens is 495 g/mol. The van der Waals surface area contributed by atoms with Gasteiger partial charge in [-0.1, -0.05) is 11.6 Å². The molecule has 10 nitrogen and oxygen atoms in total. The van der Waals surface area contributed by atoms with Crippen LogP contribution < -0.4 is 20.5 Å². The van der Waals surface area contributed by atoms with Gasteiger partial charge in [-0.2, -0.15) is 4.98 Å². The molecule has 0 radical (unpaired) electrons. The van der Waals surface area contributed by atoms with Crippen molar-refractivity contribution in [3.05, 3.63) is 46.7 Å². The van der Waals surface area contributed by atoms with Gasteiger partial charge in [0.1, 0.15) is 22.9 Å². The fraction of sp³-hybridized carbons (Fsp3) is 0.458. The highest BCUT2D eigenvalue weighted by Crippen LogP contribution is 2.25. The number of esters is 1. The monoisotopic (exact) mass is 524 g/mol. The number of piperidine rings is 1. The van der Waals surface area contributed by atoms with Gasteiger partial charge in [-0.05, 0) is 36.8 Å². The van der Waals surface area contributed by atoms with Gasteiger partial charge >= 0.3 is 5.97 Å². The summed E-state index contributed by atoms with van der Waals surface area (Å²) >= 11 is 6.02. The van der Waals surface area contributed by atoms with E-state index in [1.807, 2.05) is 4.90 Å². The number of nitrogen functional groups attached to an aromatic ring is 1. The summed E-state index contributed by atoms with van der Waals surface area (Å²) in [7, 11) is 2.94. The molecule has 12 heteroatoms. The minimum absolute atomic E-state index is 0.0698. The number of nitrogens with one attached hydrogen (secondary N) is 1. The van der Waals surface area contributed by atoms with Crippen LogP contribution >= 0.6 is 11.6 Å². The molecule has 1 aliphatic heterocycles. The molecule has 196 valence electrons. The van der Waals surface area contributed by atoms with Gasteiger partial charge in [0, 0.05) is 26.6 Å². The summed E-state index contributed by atoms with van der Waals surface area (Å²) in [5.41, 5.74) is 5.85. The number of ether oxygens (including phenoxy) is 4. The molecule has 36 heavy (non-hydrogen) atoms. The molecule has 3 N–H and O–H groups in total. The second-order valence-electron chi connectivity index (χ2n) is 8.17. The number of anilines is 1. The maximum absolute atomic E-state index is 12.9. The van der Waals surface area contributed by atoms with E-state index in [0.717, 1.165) is 0 Å². The zero-order chi connectivity index (χ0) is 26.1. The van der Waals surface area contributed by atoms with E-state index in [0.29, 0.717) is 38.3 Å². The number of benzene rings is 1. The molecule has 0 saturated carbocycles. The molecule has 1 aromatic carbocycles. The van der Waals surface area contributed by atoms with E-state index < -0.39 is 5.91 Å². The number of amides is 1. The van der Waals surface area contributed by atoms with Crippen LogP contribution in [0, 0.1) is 5.82 Å². The van der Waals surface area contributed by atoms with Gasteiger partial charge in [-0.25, -0.2) is 4.39 Å². The number of carbonyl (C=O) groups excluding carboxylic acids is 2. The van der Waals surface area contributed by atoms with Crippen LogP contribution in [-0.2, 0) is 14.3 Å². The fourth-order valence-corrected chi connectivity index (χ4v) is 3.92. The van der Waals surface area contributed by atoms with E-state index in [2.05, 4.69) is 10.3 Å². The quantitative estimate of drug-likeness (QED) is 0.336. The van der Waals surface area contributed by atoms with Gasteiger partial charge in [-0.15, -0.1) is 0 Å². The summed E-state index contributed by atoms with van der Waals surface area (Å²) in [5.74, 6) is -0.405. The molecule has 1 amide bonds. The van der Waals surface area contributed by atoms with Crippen LogP contribution in [0.15, 0.2) is 30.3 Å². The van der Waals surface area contributed by atoms with Gasteiger partial charge in [0.2, 0.25) is 5.88 Å². The van der Waals surface area contributed by atoms with E-state index >= 15 is 0 Å². The number of nitrogens with two attached hydrogens (primary N) is 1. The van der Waals surface area contributed by atoms with E-state index in [-0.39, 0.29) is 59.4 Å². The Morgan fingerprint density at radius 3 is 2.69 bits per heavy atom. The minimum atomic E-state index is -0.413. The van der Waals surface area contributed by atoms with Crippen LogP contribution in [0.2, 0.25) is 5.02 Å². The largest absolute Gasteiger partial charge is 0.493 e. The minimum Gasteiger partial charge on any atom is -0.493 e. The average Bonchev–Trinajstić information content (AvgIpc) is 2.87. The number of pyridine rings is 1. The maximum Gasteiger partial charge on any atom is 0.320 e. The number of methoxy groups -OCH3 is 2. The normalized spacial score (nSPS) is 17.9. The zero-order valence-electron chi connectivity index (χ0n) is 20.2. The first-order valence-corrected chi connectivity index (χ1v) is 11.8. The number of hydrogen-bond acceptors (Lipinski definition) is 9. The Morgan fingerprint density at radius 1 is 1.25 bits per heavy atom. The molecule has 2 aromatic rings. The third-order valence-corrected chi connectivity index (χ3v) is 5.96. The summed E-state index contributed by atoms with van der Waals surface area (Å²) < 4.78 is 34.4. The summed E-state index contributed by atoms with van der Waals surface area (Å²) in [4.78, 5) is 31.0. The maximum atomic E-state index is 12.9. The molecule has 0 bridgehead atoms. The van der Waals surface area contributed by atoms with E-state index in [1.165, 1.54) is 37.4 Å². The topological polar surface area (TPSA) is 125 Å². The number of likely N-dealkylation sites (tertiary alicyclic amines) is 1. The molecule has 1 fully saturated rings. The Labute approximate surface area is 213 Å². The van der Waals surface area contributed by atoms with Crippen molar-refractivity contribution in [2.24, 2.45) is 0 Å². The van der Waals surface area contributed by atoms with Gasteiger partial charge in [-0.3, -0.25) is 14.5 Å². The SMILES string of the molecule is COc1nc(N)c(Cl)cc1C(=O)NC1CCN(CC(=O)OCCCOc2ccc(F)cc2)CC1OC. The molecule has 0 spiro atoms. The summed E-state index contributed by atoms with van der Waals surface area (Å²) in [6.45, 7) is 1.65. The first-order chi connectivity index (χ1) is 17.3. The van der Waals surface area contributed by atoms with Crippen molar-refractivity contribution in [2.45, 2.75) is 25.0 Å². The van der Waals surface area contributed by atoms with Crippen LogP contribution in [-0.4, -0.2) is 81.0 Å². The number of halogens is 2. The lowest BCUT2D eigenvalue weighted by molar-refractivity contribution is -0.146. The van der Waals surface area contributed by atoms with Crippen molar-refractivity contribution >= 4 is 29.3 Å². The number of carbonyl (C=O) groups is 2. The highest BCUT2D eigenvalue weighted by Gasteiger charge is 2.32. The molecule has 0 aliphatic carbocycles. The van der Waals surface area contributed by atoms with Gasteiger partial charge in [0.15, 0.2) is 0 Å². The predicted octanol–water partition coefficient (Wildman–Crippen LogP) is 2.30. The highest BCUT2D eigenvalue weighted by atomic mass is 35.5.